The molecule has 1 aliphatic carbocycles. The average molecular weight is 254 g/mol. The second kappa shape index (κ2) is 5.62. The number of hydrogen-bond acceptors (Lipinski definition) is 1. The monoisotopic (exact) mass is 254 g/mol. The summed E-state index contributed by atoms with van der Waals surface area (Å²) >= 11 is 0. The maximum Gasteiger partial charge on any atom is 0.0525 e. The predicted octanol–water partition coefficient (Wildman–Crippen LogP) is 3.86. The lowest BCUT2D eigenvalue weighted by molar-refractivity contribution is 0.658. The van der Waals surface area contributed by atoms with Gasteiger partial charge in [0.15, 0.2) is 0 Å². The highest BCUT2D eigenvalue weighted by atomic mass is 15.0. The molecule has 0 atom stereocenters. The number of rotatable bonds is 7. The Morgan fingerprint density at radius 3 is 3.00 bits per heavy atom. The lowest BCUT2D eigenvalue weighted by atomic mass is 10.1. The Morgan fingerprint density at radius 2 is 2.21 bits per heavy atom. The van der Waals surface area contributed by atoms with Crippen molar-refractivity contribution in [3.63, 3.8) is 0 Å². The molecule has 2 aromatic rings. The third-order valence-electron chi connectivity index (χ3n) is 3.84. The molecule has 1 saturated carbocycles. The van der Waals surface area contributed by atoms with Crippen molar-refractivity contribution in [3.8, 4) is 0 Å². The summed E-state index contributed by atoms with van der Waals surface area (Å²) in [4.78, 5) is 0. The third-order valence-corrected chi connectivity index (χ3v) is 3.84. The first-order chi connectivity index (χ1) is 9.38. The van der Waals surface area contributed by atoms with Gasteiger partial charge >= 0.3 is 0 Å². The Labute approximate surface area is 115 Å². The van der Waals surface area contributed by atoms with Gasteiger partial charge in [-0.15, -0.1) is 6.58 Å². The average Bonchev–Trinajstić information content (AvgIpc) is 3.17. The van der Waals surface area contributed by atoms with Crippen LogP contribution in [0.3, 0.4) is 0 Å². The number of aryl methyl sites for hydroxylation is 1. The Kier molecular flexibility index (Phi) is 3.69. The first-order valence-corrected chi connectivity index (χ1v) is 7.29. The van der Waals surface area contributed by atoms with Gasteiger partial charge in [0.2, 0.25) is 0 Å². The second-order valence-corrected chi connectivity index (χ2v) is 5.45. The van der Waals surface area contributed by atoms with Crippen LogP contribution in [0, 0.1) is 0 Å². The number of nitrogens with zero attached hydrogens (tertiary/aromatic N) is 1. The quantitative estimate of drug-likeness (QED) is 0.586. The summed E-state index contributed by atoms with van der Waals surface area (Å²) in [7, 11) is 0. The molecule has 0 bridgehead atoms. The van der Waals surface area contributed by atoms with Gasteiger partial charge in [-0.25, -0.2) is 0 Å². The fourth-order valence-electron chi connectivity index (χ4n) is 2.62. The second-order valence-electron chi connectivity index (χ2n) is 5.45. The number of aromatic nitrogens is 1. The highest BCUT2D eigenvalue weighted by Gasteiger charge is 2.20. The van der Waals surface area contributed by atoms with Crippen molar-refractivity contribution in [2.24, 2.45) is 0 Å². The minimum absolute atomic E-state index is 0.763. The van der Waals surface area contributed by atoms with Gasteiger partial charge in [-0.05, 0) is 42.7 Å². The van der Waals surface area contributed by atoms with Gasteiger partial charge in [-0.1, -0.05) is 24.3 Å². The summed E-state index contributed by atoms with van der Waals surface area (Å²) < 4.78 is 2.39. The first-order valence-electron chi connectivity index (χ1n) is 7.29. The van der Waals surface area contributed by atoms with Gasteiger partial charge in [0.25, 0.3) is 0 Å². The Bertz CT molecular complexity index is 564. The summed E-state index contributed by atoms with van der Waals surface area (Å²) in [5.74, 6) is 0. The number of hydrogen-bond donors (Lipinski definition) is 1. The Hall–Kier alpha value is -1.54. The van der Waals surface area contributed by atoms with Crippen LogP contribution >= 0.6 is 0 Å². The summed E-state index contributed by atoms with van der Waals surface area (Å²) in [5, 5.41) is 4.98. The van der Waals surface area contributed by atoms with E-state index in [2.05, 4.69) is 46.9 Å². The fourth-order valence-corrected chi connectivity index (χ4v) is 2.62. The van der Waals surface area contributed by atoms with Crippen LogP contribution in [0.1, 0.15) is 31.2 Å². The van der Waals surface area contributed by atoms with E-state index in [0.717, 1.165) is 32.0 Å². The smallest absolute Gasteiger partial charge is 0.0525 e. The fraction of sp³-hybridized carbons (Fsp3) is 0.412. The van der Waals surface area contributed by atoms with Crippen molar-refractivity contribution in [1.29, 1.82) is 0 Å². The van der Waals surface area contributed by atoms with E-state index in [0.29, 0.717) is 0 Å². The lowest BCUT2D eigenvalue weighted by Gasteiger charge is -2.10. The number of allylic oxidation sites excluding steroid dienone is 1. The molecule has 2 heteroatoms. The molecule has 1 heterocycles. The molecule has 100 valence electrons. The van der Waals surface area contributed by atoms with E-state index in [1.165, 1.54) is 29.3 Å². The third kappa shape index (κ3) is 2.90. The topological polar surface area (TPSA) is 17.0 Å². The summed E-state index contributed by atoms with van der Waals surface area (Å²) in [6.07, 6.45) is 9.15. The molecule has 1 aromatic carbocycles. The molecule has 0 amide bonds. The zero-order valence-corrected chi connectivity index (χ0v) is 11.4. The van der Waals surface area contributed by atoms with Gasteiger partial charge in [-0.3, -0.25) is 0 Å². The van der Waals surface area contributed by atoms with Gasteiger partial charge in [0.1, 0.15) is 0 Å². The van der Waals surface area contributed by atoms with Crippen LogP contribution in [0.2, 0.25) is 0 Å². The predicted molar refractivity (Wildman–Crippen MR) is 81.2 cm³/mol. The van der Waals surface area contributed by atoms with Gasteiger partial charge in [-0.2, -0.15) is 0 Å². The normalized spacial score (nSPS) is 14.9. The molecular weight excluding hydrogens is 232 g/mol. The maximum absolute atomic E-state index is 3.80. The van der Waals surface area contributed by atoms with Gasteiger partial charge in [0.05, 0.1) is 5.52 Å². The first kappa shape index (κ1) is 12.5. The molecule has 2 nitrogen and oxygen atoms in total. The summed E-state index contributed by atoms with van der Waals surface area (Å²) in [5.41, 5.74) is 2.83. The molecule has 1 aromatic heterocycles. The lowest BCUT2D eigenvalue weighted by Crippen LogP contribution is -2.16. The van der Waals surface area contributed by atoms with Crippen LogP contribution in [-0.4, -0.2) is 10.6 Å². The molecule has 0 aliphatic heterocycles. The Balaban J connectivity index is 1.82. The van der Waals surface area contributed by atoms with Crippen LogP contribution in [-0.2, 0) is 13.1 Å². The van der Waals surface area contributed by atoms with Crippen LogP contribution in [0.5, 0.6) is 0 Å². The molecule has 19 heavy (non-hydrogen) atoms. The van der Waals surface area contributed by atoms with Crippen molar-refractivity contribution < 1.29 is 0 Å². The Morgan fingerprint density at radius 1 is 1.32 bits per heavy atom. The van der Waals surface area contributed by atoms with E-state index in [4.69, 9.17) is 0 Å². The number of unbranched alkanes of at least 4 members (excludes halogenated alkanes) is 1. The van der Waals surface area contributed by atoms with E-state index in [9.17, 15) is 0 Å². The summed E-state index contributed by atoms with van der Waals surface area (Å²) in [6.45, 7) is 5.87. The minimum atomic E-state index is 0.763. The molecule has 1 fully saturated rings. The van der Waals surface area contributed by atoms with Gasteiger partial charge < -0.3 is 9.88 Å². The van der Waals surface area contributed by atoms with Crippen molar-refractivity contribution in [3.05, 3.63) is 48.7 Å². The van der Waals surface area contributed by atoms with Crippen molar-refractivity contribution >= 4 is 10.9 Å². The van der Waals surface area contributed by atoms with E-state index in [-0.39, 0.29) is 0 Å². The van der Waals surface area contributed by atoms with Crippen molar-refractivity contribution in [1.82, 2.24) is 9.88 Å². The van der Waals surface area contributed by atoms with E-state index >= 15 is 0 Å². The van der Waals surface area contributed by atoms with Crippen LogP contribution < -0.4 is 5.32 Å². The maximum atomic E-state index is 3.80. The molecular formula is C17H22N2. The number of fused-ring (bicyclic) bond motifs is 1. The number of benzene rings is 1. The zero-order valence-electron chi connectivity index (χ0n) is 11.4. The summed E-state index contributed by atoms with van der Waals surface area (Å²) in [6, 6.07) is 9.62. The SMILES string of the molecule is C=CCCCn1ccc2cccc(CNC3CC3)c21. The van der Waals surface area contributed by atoms with Crippen LogP contribution in [0.25, 0.3) is 10.9 Å². The van der Waals surface area contributed by atoms with Crippen LogP contribution in [0.15, 0.2) is 43.1 Å². The molecule has 0 radical (unpaired) electrons. The highest BCUT2D eigenvalue weighted by molar-refractivity contribution is 5.83. The van der Waals surface area contributed by atoms with Gasteiger partial charge in [0, 0.05) is 25.3 Å². The molecule has 1 aliphatic rings. The minimum Gasteiger partial charge on any atom is -0.347 e. The molecule has 0 saturated heterocycles. The largest absolute Gasteiger partial charge is 0.347 e. The molecule has 1 N–H and O–H groups in total. The van der Waals surface area contributed by atoms with E-state index < -0.39 is 0 Å². The van der Waals surface area contributed by atoms with Crippen molar-refractivity contribution in [2.45, 2.75) is 44.8 Å². The van der Waals surface area contributed by atoms with E-state index in [1.807, 2.05) is 6.08 Å². The van der Waals surface area contributed by atoms with Crippen molar-refractivity contribution in [2.75, 3.05) is 0 Å². The zero-order chi connectivity index (χ0) is 13.1. The number of para-hydroxylation sites is 1. The van der Waals surface area contributed by atoms with E-state index in [1.54, 1.807) is 0 Å². The highest BCUT2D eigenvalue weighted by Crippen LogP contribution is 2.23. The standard InChI is InChI=1S/C17H22N2/c1-2-3-4-11-19-12-10-14-6-5-7-15(17(14)19)13-18-16-8-9-16/h2,5-7,10,12,16,18H,1,3-4,8-9,11,13H2. The molecule has 0 spiro atoms. The molecule has 0 unspecified atom stereocenters. The van der Waals surface area contributed by atoms with Crippen LogP contribution in [0.4, 0.5) is 0 Å². The number of nitrogens with one attached hydrogen (secondary N) is 1. The molecule has 3 rings (SSSR count).